The van der Waals surface area contributed by atoms with Crippen LogP contribution in [0.25, 0.3) is 0 Å². The summed E-state index contributed by atoms with van der Waals surface area (Å²) in [7, 11) is 1.52. The molecule has 0 saturated carbocycles. The summed E-state index contributed by atoms with van der Waals surface area (Å²) in [6.45, 7) is 3.88. The second-order valence-corrected chi connectivity index (χ2v) is 6.47. The zero-order valence-electron chi connectivity index (χ0n) is 15.4. The third-order valence-corrected chi connectivity index (χ3v) is 3.88. The minimum atomic E-state index is -0.556. The molecule has 2 rings (SSSR count). The van der Waals surface area contributed by atoms with Gasteiger partial charge in [-0.3, -0.25) is 4.79 Å². The van der Waals surface area contributed by atoms with Gasteiger partial charge in [0, 0.05) is 0 Å². The average Bonchev–Trinajstić information content (AvgIpc) is 2.66. The van der Waals surface area contributed by atoms with Crippen LogP contribution in [0, 0.1) is 5.92 Å². The summed E-state index contributed by atoms with van der Waals surface area (Å²) < 4.78 is 10.2. The number of ether oxygens (including phenoxy) is 2. The zero-order valence-corrected chi connectivity index (χ0v) is 15.4. The highest BCUT2D eigenvalue weighted by Gasteiger charge is 2.17. The first-order valence-corrected chi connectivity index (χ1v) is 8.65. The van der Waals surface area contributed by atoms with Gasteiger partial charge in [-0.2, -0.15) is 0 Å². The standard InChI is InChI=1S/C21H25NO4/c1-15(2)12-19(16-8-5-4-6-9-16)22-20(23)14-26-21(24)17-10-7-11-18(13-17)25-3/h4-11,13,15,19H,12,14H2,1-3H3,(H,22,23)/t19-/m0/s1. The van der Waals surface area contributed by atoms with Crippen LogP contribution < -0.4 is 10.1 Å². The normalized spacial score (nSPS) is 11.7. The number of amides is 1. The first kappa shape index (κ1) is 19.5. The number of esters is 1. The number of carbonyl (C=O) groups excluding carboxylic acids is 2. The van der Waals surface area contributed by atoms with Gasteiger partial charge in [0.15, 0.2) is 6.61 Å². The summed E-state index contributed by atoms with van der Waals surface area (Å²) >= 11 is 0. The van der Waals surface area contributed by atoms with Crippen LogP contribution in [0.4, 0.5) is 0 Å². The van der Waals surface area contributed by atoms with E-state index in [-0.39, 0.29) is 18.6 Å². The number of carbonyl (C=O) groups is 2. The van der Waals surface area contributed by atoms with Crippen molar-refractivity contribution in [3.63, 3.8) is 0 Å². The van der Waals surface area contributed by atoms with E-state index in [4.69, 9.17) is 9.47 Å². The van der Waals surface area contributed by atoms with E-state index in [0.29, 0.717) is 17.2 Å². The molecule has 1 atom stereocenters. The molecule has 5 nitrogen and oxygen atoms in total. The Kier molecular flexibility index (Phi) is 7.21. The predicted octanol–water partition coefficient (Wildman–Crippen LogP) is 3.76. The van der Waals surface area contributed by atoms with E-state index in [1.54, 1.807) is 24.3 Å². The van der Waals surface area contributed by atoms with Crippen LogP contribution in [0.5, 0.6) is 5.75 Å². The first-order chi connectivity index (χ1) is 12.5. The summed E-state index contributed by atoms with van der Waals surface area (Å²) in [6.07, 6.45) is 0.805. The fraction of sp³-hybridized carbons (Fsp3) is 0.333. The van der Waals surface area contributed by atoms with E-state index in [0.717, 1.165) is 12.0 Å². The number of methoxy groups -OCH3 is 1. The van der Waals surface area contributed by atoms with E-state index < -0.39 is 5.97 Å². The van der Waals surface area contributed by atoms with Gasteiger partial charge in [0.1, 0.15) is 5.75 Å². The summed E-state index contributed by atoms with van der Waals surface area (Å²) in [4.78, 5) is 24.3. The summed E-state index contributed by atoms with van der Waals surface area (Å²) in [5, 5.41) is 2.95. The molecule has 2 aromatic carbocycles. The molecule has 138 valence electrons. The van der Waals surface area contributed by atoms with E-state index in [1.807, 2.05) is 30.3 Å². The Balaban J connectivity index is 1.94. The molecular formula is C21H25NO4. The van der Waals surface area contributed by atoms with Crippen LogP contribution >= 0.6 is 0 Å². The predicted molar refractivity (Wildman–Crippen MR) is 100 cm³/mol. The quantitative estimate of drug-likeness (QED) is 0.733. The lowest BCUT2D eigenvalue weighted by Gasteiger charge is -2.21. The lowest BCUT2D eigenvalue weighted by Crippen LogP contribution is -2.33. The molecule has 0 unspecified atom stereocenters. The van der Waals surface area contributed by atoms with Crippen molar-refractivity contribution in [2.24, 2.45) is 5.92 Å². The number of hydrogen-bond donors (Lipinski definition) is 1. The van der Waals surface area contributed by atoms with Gasteiger partial charge in [-0.25, -0.2) is 4.79 Å². The van der Waals surface area contributed by atoms with Gasteiger partial charge >= 0.3 is 5.97 Å². The molecule has 0 radical (unpaired) electrons. The zero-order chi connectivity index (χ0) is 18.9. The van der Waals surface area contributed by atoms with Crippen molar-refractivity contribution in [3.05, 3.63) is 65.7 Å². The molecule has 0 aliphatic rings. The maximum atomic E-state index is 12.3. The van der Waals surface area contributed by atoms with E-state index >= 15 is 0 Å². The van der Waals surface area contributed by atoms with Gasteiger partial charge in [0.05, 0.1) is 18.7 Å². The highest BCUT2D eigenvalue weighted by molar-refractivity contribution is 5.91. The first-order valence-electron chi connectivity index (χ1n) is 8.65. The van der Waals surface area contributed by atoms with Gasteiger partial charge in [-0.15, -0.1) is 0 Å². The molecule has 0 aliphatic heterocycles. The van der Waals surface area contributed by atoms with Gasteiger partial charge in [-0.1, -0.05) is 50.2 Å². The summed E-state index contributed by atoms with van der Waals surface area (Å²) in [5.74, 6) is 0.0970. The molecule has 0 bridgehead atoms. The van der Waals surface area contributed by atoms with Crippen molar-refractivity contribution in [1.82, 2.24) is 5.32 Å². The van der Waals surface area contributed by atoms with Crippen LogP contribution in [0.2, 0.25) is 0 Å². The van der Waals surface area contributed by atoms with Crippen molar-refractivity contribution in [2.45, 2.75) is 26.3 Å². The largest absolute Gasteiger partial charge is 0.497 e. The van der Waals surface area contributed by atoms with Crippen LogP contribution in [0.15, 0.2) is 54.6 Å². The highest BCUT2D eigenvalue weighted by atomic mass is 16.5. The third kappa shape index (κ3) is 5.92. The molecule has 5 heteroatoms. The minimum absolute atomic E-state index is 0.112. The fourth-order valence-electron chi connectivity index (χ4n) is 2.64. The second-order valence-electron chi connectivity index (χ2n) is 6.47. The molecular weight excluding hydrogens is 330 g/mol. The van der Waals surface area contributed by atoms with E-state index in [1.165, 1.54) is 7.11 Å². The summed E-state index contributed by atoms with van der Waals surface area (Å²) in [5.41, 5.74) is 1.38. The number of benzene rings is 2. The molecule has 26 heavy (non-hydrogen) atoms. The van der Waals surface area contributed by atoms with Gasteiger partial charge in [0.25, 0.3) is 5.91 Å². The van der Waals surface area contributed by atoms with Crippen LogP contribution in [-0.4, -0.2) is 25.6 Å². The SMILES string of the molecule is COc1cccc(C(=O)OCC(=O)N[C@@H](CC(C)C)c2ccccc2)c1. The maximum Gasteiger partial charge on any atom is 0.338 e. The number of rotatable bonds is 8. The lowest BCUT2D eigenvalue weighted by atomic mass is 9.97. The lowest BCUT2D eigenvalue weighted by molar-refractivity contribution is -0.125. The Bertz CT molecular complexity index is 728. The van der Waals surface area contributed by atoms with E-state index in [9.17, 15) is 9.59 Å². The molecule has 0 aromatic heterocycles. The number of nitrogens with one attached hydrogen (secondary N) is 1. The summed E-state index contributed by atoms with van der Waals surface area (Å²) in [6, 6.07) is 16.3. The fourth-order valence-corrected chi connectivity index (χ4v) is 2.64. The Labute approximate surface area is 154 Å². The van der Waals surface area contributed by atoms with Crippen LogP contribution in [0.3, 0.4) is 0 Å². The molecule has 2 aromatic rings. The van der Waals surface area contributed by atoms with Gasteiger partial charge in [0.2, 0.25) is 0 Å². The minimum Gasteiger partial charge on any atom is -0.497 e. The number of hydrogen-bond acceptors (Lipinski definition) is 4. The molecule has 0 aliphatic carbocycles. The molecule has 1 amide bonds. The molecule has 0 spiro atoms. The monoisotopic (exact) mass is 355 g/mol. The smallest absolute Gasteiger partial charge is 0.338 e. The van der Waals surface area contributed by atoms with Crippen LogP contribution in [0.1, 0.15) is 42.2 Å². The van der Waals surface area contributed by atoms with Crippen molar-refractivity contribution in [3.8, 4) is 5.75 Å². The maximum absolute atomic E-state index is 12.3. The van der Waals surface area contributed by atoms with Crippen LogP contribution in [-0.2, 0) is 9.53 Å². The highest BCUT2D eigenvalue weighted by Crippen LogP contribution is 2.21. The Morgan fingerprint density at radius 2 is 1.77 bits per heavy atom. The van der Waals surface area contributed by atoms with Gasteiger partial charge in [-0.05, 0) is 36.1 Å². The average molecular weight is 355 g/mol. The Hall–Kier alpha value is -2.82. The molecule has 0 saturated heterocycles. The van der Waals surface area contributed by atoms with Crippen molar-refractivity contribution in [1.29, 1.82) is 0 Å². The third-order valence-electron chi connectivity index (χ3n) is 3.88. The van der Waals surface area contributed by atoms with Crippen molar-refractivity contribution in [2.75, 3.05) is 13.7 Å². The molecule has 1 N–H and O–H groups in total. The van der Waals surface area contributed by atoms with E-state index in [2.05, 4.69) is 19.2 Å². The Morgan fingerprint density at radius 1 is 1.04 bits per heavy atom. The topological polar surface area (TPSA) is 64.6 Å². The van der Waals surface area contributed by atoms with Crippen molar-refractivity contribution < 1.29 is 19.1 Å². The van der Waals surface area contributed by atoms with Gasteiger partial charge < -0.3 is 14.8 Å². The van der Waals surface area contributed by atoms with Crippen molar-refractivity contribution >= 4 is 11.9 Å². The molecule has 0 heterocycles. The Morgan fingerprint density at radius 3 is 2.42 bits per heavy atom. The molecule has 0 fully saturated rings. The second kappa shape index (κ2) is 9.61.